The molecule has 3 aromatic rings. The van der Waals surface area contributed by atoms with E-state index in [0.29, 0.717) is 22.4 Å². The third-order valence-electron chi connectivity index (χ3n) is 4.14. The Kier molecular flexibility index (Phi) is 3.48. The van der Waals surface area contributed by atoms with E-state index in [-0.39, 0.29) is 17.1 Å². The number of benzene rings is 2. The zero-order valence-electron chi connectivity index (χ0n) is 13.5. The lowest BCUT2D eigenvalue weighted by atomic mass is 10.1. The molecule has 1 aliphatic rings. The normalized spacial score (nSPS) is 12.7. The highest BCUT2D eigenvalue weighted by Gasteiger charge is 2.31. The Morgan fingerprint density at radius 2 is 1.85 bits per heavy atom. The lowest BCUT2D eigenvalue weighted by Crippen LogP contribution is -2.18. The third kappa shape index (κ3) is 2.31. The number of hydrogen-bond donors (Lipinski definition) is 0. The minimum absolute atomic E-state index is 0.128. The number of halogens is 2. The average Bonchev–Trinajstić information content (AvgIpc) is 3.11. The number of carbonyl (C=O) groups is 1. The summed E-state index contributed by atoms with van der Waals surface area (Å²) in [5.74, 6) is -1.68. The average molecular weight is 348 g/mol. The van der Waals surface area contributed by atoms with Crippen molar-refractivity contribution in [1.82, 2.24) is 9.78 Å². The van der Waals surface area contributed by atoms with Gasteiger partial charge in [0.15, 0.2) is 5.82 Å². The second kappa shape index (κ2) is 5.70. The lowest BCUT2D eigenvalue weighted by molar-refractivity contribution is 0.0984. The molecule has 0 saturated heterocycles. The van der Waals surface area contributed by atoms with Crippen molar-refractivity contribution < 1.29 is 13.6 Å². The number of nitriles is 1. The quantitative estimate of drug-likeness (QED) is 0.707. The van der Waals surface area contributed by atoms with Crippen molar-refractivity contribution in [2.45, 2.75) is 6.92 Å². The fourth-order valence-electron chi connectivity index (χ4n) is 2.91. The van der Waals surface area contributed by atoms with Crippen LogP contribution in [0.4, 0.5) is 14.6 Å². The van der Waals surface area contributed by atoms with E-state index in [4.69, 9.17) is 5.26 Å². The fourth-order valence-corrected chi connectivity index (χ4v) is 2.91. The molecule has 2 aromatic carbocycles. The molecule has 126 valence electrons. The van der Waals surface area contributed by atoms with Gasteiger partial charge in [-0.3, -0.25) is 4.79 Å². The minimum atomic E-state index is -0.752. The Morgan fingerprint density at radius 1 is 1.12 bits per heavy atom. The number of nitrogens with zero attached hydrogens (tertiary/aromatic N) is 4. The molecule has 7 heteroatoms. The van der Waals surface area contributed by atoms with Gasteiger partial charge in [-0.1, -0.05) is 12.1 Å². The Bertz CT molecular complexity index is 1140. The van der Waals surface area contributed by atoms with Crippen molar-refractivity contribution >= 4 is 17.4 Å². The van der Waals surface area contributed by atoms with E-state index in [0.717, 1.165) is 16.8 Å². The van der Waals surface area contributed by atoms with Crippen molar-refractivity contribution in [3.63, 3.8) is 0 Å². The molecule has 0 radical (unpaired) electrons. The molecule has 0 saturated carbocycles. The highest BCUT2D eigenvalue weighted by Crippen LogP contribution is 2.38. The molecule has 0 amide bonds. The molecule has 0 unspecified atom stereocenters. The first-order valence-corrected chi connectivity index (χ1v) is 7.68. The number of rotatable bonds is 2. The van der Waals surface area contributed by atoms with Crippen molar-refractivity contribution in [2.24, 2.45) is 4.99 Å². The van der Waals surface area contributed by atoms with Crippen LogP contribution in [0.5, 0.6) is 0 Å². The van der Waals surface area contributed by atoms with Crippen LogP contribution < -0.4 is 0 Å². The molecule has 2 heterocycles. The predicted molar refractivity (Wildman–Crippen MR) is 90.3 cm³/mol. The van der Waals surface area contributed by atoms with Crippen LogP contribution in [-0.2, 0) is 0 Å². The lowest BCUT2D eigenvalue weighted by Gasteiger charge is -2.03. The van der Waals surface area contributed by atoms with Crippen molar-refractivity contribution in [3.05, 3.63) is 70.9 Å². The Labute approximate surface area is 146 Å². The number of aryl methyl sites for hydroxylation is 1. The van der Waals surface area contributed by atoms with Gasteiger partial charge in [0.05, 0.1) is 22.9 Å². The molecule has 5 nitrogen and oxygen atoms in total. The summed E-state index contributed by atoms with van der Waals surface area (Å²) >= 11 is 0. The summed E-state index contributed by atoms with van der Waals surface area (Å²) in [6.45, 7) is 1.63. The van der Waals surface area contributed by atoms with Crippen molar-refractivity contribution in [1.29, 1.82) is 5.26 Å². The molecule has 26 heavy (non-hydrogen) atoms. The first-order valence-electron chi connectivity index (χ1n) is 7.68. The van der Waals surface area contributed by atoms with Crippen LogP contribution in [0.15, 0.2) is 47.5 Å². The molecule has 0 bridgehead atoms. The summed E-state index contributed by atoms with van der Waals surface area (Å²) in [7, 11) is 0. The van der Waals surface area contributed by atoms with E-state index < -0.39 is 17.5 Å². The Hall–Kier alpha value is -3.66. The van der Waals surface area contributed by atoms with Gasteiger partial charge in [0.2, 0.25) is 0 Å². The largest absolute Gasteiger partial charge is 0.299 e. The van der Waals surface area contributed by atoms with Crippen LogP contribution in [0.2, 0.25) is 0 Å². The zero-order chi connectivity index (χ0) is 18.4. The topological polar surface area (TPSA) is 71.0 Å². The molecule has 1 aromatic heterocycles. The van der Waals surface area contributed by atoms with E-state index in [1.807, 2.05) is 6.07 Å². The zero-order valence-corrected chi connectivity index (χ0v) is 13.5. The summed E-state index contributed by atoms with van der Waals surface area (Å²) in [6, 6.07) is 11.6. The summed E-state index contributed by atoms with van der Waals surface area (Å²) in [5, 5.41) is 13.0. The Morgan fingerprint density at radius 3 is 2.50 bits per heavy atom. The smallest absolute Gasteiger partial charge is 0.265 e. The van der Waals surface area contributed by atoms with Crippen LogP contribution in [0.3, 0.4) is 0 Å². The van der Waals surface area contributed by atoms with Gasteiger partial charge in [0.1, 0.15) is 17.3 Å². The first-order chi connectivity index (χ1) is 12.5. The van der Waals surface area contributed by atoms with E-state index in [1.54, 1.807) is 31.2 Å². The number of hydrogen-bond acceptors (Lipinski definition) is 4. The minimum Gasteiger partial charge on any atom is -0.265 e. The highest BCUT2D eigenvalue weighted by molar-refractivity contribution is 6.48. The number of aromatic nitrogens is 2. The van der Waals surface area contributed by atoms with E-state index in [9.17, 15) is 13.6 Å². The van der Waals surface area contributed by atoms with Crippen molar-refractivity contribution in [3.8, 4) is 17.2 Å². The van der Waals surface area contributed by atoms with Gasteiger partial charge in [-0.25, -0.2) is 13.8 Å². The summed E-state index contributed by atoms with van der Waals surface area (Å²) in [6.07, 6.45) is 0. The van der Waals surface area contributed by atoms with Gasteiger partial charge in [-0.15, -0.1) is 0 Å². The SMILES string of the molecule is Cc1nn2c(c1-c1ccc(F)cc1F)N=C(c1ccc(C#N)cc1)C2=O. The summed E-state index contributed by atoms with van der Waals surface area (Å²) < 4.78 is 28.5. The van der Waals surface area contributed by atoms with Gasteiger partial charge < -0.3 is 0 Å². The number of fused-ring (bicyclic) bond motifs is 1. The second-order valence-electron chi connectivity index (χ2n) is 5.77. The van der Waals surface area contributed by atoms with Gasteiger partial charge in [0.25, 0.3) is 5.91 Å². The van der Waals surface area contributed by atoms with E-state index in [1.165, 1.54) is 6.07 Å². The molecule has 0 spiro atoms. The maximum absolute atomic E-state index is 14.2. The van der Waals surface area contributed by atoms with Crippen LogP contribution in [0, 0.1) is 29.9 Å². The molecule has 1 aliphatic heterocycles. The van der Waals surface area contributed by atoms with Crippen LogP contribution in [0.25, 0.3) is 11.1 Å². The molecule has 0 N–H and O–H groups in total. The van der Waals surface area contributed by atoms with Gasteiger partial charge in [-0.05, 0) is 31.2 Å². The van der Waals surface area contributed by atoms with Crippen LogP contribution in [-0.4, -0.2) is 21.4 Å². The van der Waals surface area contributed by atoms with Crippen LogP contribution in [0.1, 0.15) is 21.6 Å². The van der Waals surface area contributed by atoms with E-state index in [2.05, 4.69) is 10.1 Å². The highest BCUT2D eigenvalue weighted by atomic mass is 19.1. The van der Waals surface area contributed by atoms with Gasteiger partial charge in [-0.2, -0.15) is 15.0 Å². The third-order valence-corrected chi connectivity index (χ3v) is 4.14. The maximum atomic E-state index is 14.2. The predicted octanol–water partition coefficient (Wildman–Crippen LogP) is 3.78. The van der Waals surface area contributed by atoms with Gasteiger partial charge in [0, 0.05) is 17.2 Å². The molecule has 0 atom stereocenters. The second-order valence-corrected chi connectivity index (χ2v) is 5.77. The molecule has 0 fully saturated rings. The molecule has 4 rings (SSSR count). The molecular weight excluding hydrogens is 338 g/mol. The molecule has 0 aliphatic carbocycles. The van der Waals surface area contributed by atoms with Crippen LogP contribution >= 0.6 is 0 Å². The van der Waals surface area contributed by atoms with Gasteiger partial charge >= 0.3 is 0 Å². The number of aliphatic imine (C=N–C) groups is 1. The monoisotopic (exact) mass is 348 g/mol. The van der Waals surface area contributed by atoms with E-state index >= 15 is 0 Å². The fraction of sp³-hybridized carbons (Fsp3) is 0.0526. The number of carbonyl (C=O) groups excluding carboxylic acids is 1. The van der Waals surface area contributed by atoms with Crippen molar-refractivity contribution in [2.75, 3.05) is 0 Å². The first kappa shape index (κ1) is 15.8. The summed E-state index contributed by atoms with van der Waals surface area (Å²) in [4.78, 5) is 17.0. The molecular formula is C19H10F2N4O. The maximum Gasteiger partial charge on any atom is 0.299 e. The summed E-state index contributed by atoms with van der Waals surface area (Å²) in [5.41, 5.74) is 2.04. The standard InChI is InChI=1S/C19H10F2N4O/c1-10-16(14-7-6-13(20)8-15(14)21)18-23-17(19(26)25(18)24-10)12-4-2-11(9-22)3-5-12/h2-8H,1H3. The Balaban J connectivity index is 1.86.